The molecule has 0 aliphatic rings. The Morgan fingerprint density at radius 1 is 1.15 bits per heavy atom. The van der Waals surface area contributed by atoms with Gasteiger partial charge in [-0.05, 0) is 61.2 Å². The molecule has 0 aromatic heterocycles. The second kappa shape index (κ2) is 5.78. The van der Waals surface area contributed by atoms with Gasteiger partial charge in [0.1, 0.15) is 5.75 Å². The summed E-state index contributed by atoms with van der Waals surface area (Å²) < 4.78 is 5.49. The number of hydrogen-bond donors (Lipinski definition) is 1. The van der Waals surface area contributed by atoms with E-state index in [4.69, 9.17) is 4.74 Å². The first-order valence-electron chi connectivity index (χ1n) is 6.60. The second-order valence-corrected chi connectivity index (χ2v) is 4.75. The van der Waals surface area contributed by atoms with Crippen LogP contribution in [0, 0.1) is 13.8 Å². The van der Waals surface area contributed by atoms with E-state index in [-0.39, 0.29) is 0 Å². The minimum Gasteiger partial charge on any atom is -0.494 e. The zero-order valence-electron chi connectivity index (χ0n) is 11.9. The van der Waals surface area contributed by atoms with Crippen LogP contribution in [0.4, 0.5) is 0 Å². The molecule has 0 unspecified atom stereocenters. The van der Waals surface area contributed by atoms with E-state index in [2.05, 4.69) is 0 Å². The number of carboxylic acid groups (broad SMARTS) is 1. The van der Waals surface area contributed by atoms with Crippen molar-refractivity contribution in [1.82, 2.24) is 0 Å². The Morgan fingerprint density at radius 3 is 2.55 bits per heavy atom. The van der Waals surface area contributed by atoms with E-state index >= 15 is 0 Å². The third kappa shape index (κ3) is 2.82. The maximum Gasteiger partial charge on any atom is 0.335 e. The van der Waals surface area contributed by atoms with Crippen LogP contribution in [-0.2, 0) is 0 Å². The van der Waals surface area contributed by atoms with Gasteiger partial charge < -0.3 is 9.84 Å². The standard InChI is InChI=1S/C17H18O3/c1-4-20-14-7-5-6-13(9-14)15-10-16(17(18)19)12(3)8-11(15)2/h5-10H,4H2,1-3H3,(H,18,19). The number of aromatic carboxylic acids is 1. The lowest BCUT2D eigenvalue weighted by molar-refractivity contribution is 0.0696. The molecule has 0 radical (unpaired) electrons. The molecule has 0 saturated heterocycles. The zero-order valence-corrected chi connectivity index (χ0v) is 11.9. The van der Waals surface area contributed by atoms with E-state index in [1.54, 1.807) is 6.07 Å². The van der Waals surface area contributed by atoms with E-state index in [1.165, 1.54) is 0 Å². The molecule has 0 heterocycles. The summed E-state index contributed by atoms with van der Waals surface area (Å²) in [5.41, 5.74) is 4.07. The maximum absolute atomic E-state index is 11.3. The van der Waals surface area contributed by atoms with E-state index in [0.717, 1.165) is 28.0 Å². The molecule has 3 nitrogen and oxygen atoms in total. The first-order chi connectivity index (χ1) is 9.52. The second-order valence-electron chi connectivity index (χ2n) is 4.75. The number of rotatable bonds is 4. The monoisotopic (exact) mass is 270 g/mol. The number of ether oxygens (including phenoxy) is 1. The molecule has 0 bridgehead atoms. The predicted molar refractivity (Wildman–Crippen MR) is 79.5 cm³/mol. The molecule has 0 aliphatic heterocycles. The topological polar surface area (TPSA) is 46.5 Å². The van der Waals surface area contributed by atoms with E-state index < -0.39 is 5.97 Å². The smallest absolute Gasteiger partial charge is 0.335 e. The van der Waals surface area contributed by atoms with Crippen molar-refractivity contribution in [1.29, 1.82) is 0 Å². The van der Waals surface area contributed by atoms with Gasteiger partial charge in [-0.3, -0.25) is 0 Å². The van der Waals surface area contributed by atoms with Crippen molar-refractivity contribution in [2.75, 3.05) is 6.61 Å². The fraction of sp³-hybridized carbons (Fsp3) is 0.235. The van der Waals surface area contributed by atoms with E-state index in [9.17, 15) is 9.90 Å². The highest BCUT2D eigenvalue weighted by Gasteiger charge is 2.12. The van der Waals surface area contributed by atoms with Gasteiger partial charge in [-0.25, -0.2) is 4.79 Å². The minimum atomic E-state index is -0.898. The van der Waals surface area contributed by atoms with Gasteiger partial charge in [-0.1, -0.05) is 18.2 Å². The summed E-state index contributed by atoms with van der Waals surface area (Å²) in [6.07, 6.45) is 0. The van der Waals surface area contributed by atoms with Gasteiger partial charge in [-0.15, -0.1) is 0 Å². The fourth-order valence-electron chi connectivity index (χ4n) is 2.31. The Labute approximate surface area is 118 Å². The quantitative estimate of drug-likeness (QED) is 0.911. The van der Waals surface area contributed by atoms with E-state index in [1.807, 2.05) is 51.1 Å². The van der Waals surface area contributed by atoms with Gasteiger partial charge in [0.05, 0.1) is 12.2 Å². The fourth-order valence-corrected chi connectivity index (χ4v) is 2.31. The highest BCUT2D eigenvalue weighted by molar-refractivity contribution is 5.91. The average Bonchev–Trinajstić information content (AvgIpc) is 2.39. The van der Waals surface area contributed by atoms with Gasteiger partial charge in [0.25, 0.3) is 0 Å². The van der Waals surface area contributed by atoms with Crippen molar-refractivity contribution >= 4 is 5.97 Å². The molecule has 104 valence electrons. The number of carbonyl (C=O) groups is 1. The molecule has 0 saturated carbocycles. The number of aryl methyl sites for hydroxylation is 2. The zero-order chi connectivity index (χ0) is 14.7. The van der Waals surface area contributed by atoms with Crippen LogP contribution < -0.4 is 4.74 Å². The van der Waals surface area contributed by atoms with Crippen LogP contribution in [0.3, 0.4) is 0 Å². The predicted octanol–water partition coefficient (Wildman–Crippen LogP) is 4.07. The molecule has 1 N–H and O–H groups in total. The first-order valence-corrected chi connectivity index (χ1v) is 6.60. The first kappa shape index (κ1) is 14.1. The van der Waals surface area contributed by atoms with Gasteiger partial charge >= 0.3 is 5.97 Å². The van der Waals surface area contributed by atoms with Crippen LogP contribution in [0.2, 0.25) is 0 Å². The molecular weight excluding hydrogens is 252 g/mol. The van der Waals surface area contributed by atoms with E-state index in [0.29, 0.717) is 12.2 Å². The Balaban J connectivity index is 2.54. The maximum atomic E-state index is 11.3. The van der Waals surface area contributed by atoms with Crippen molar-refractivity contribution in [3.05, 3.63) is 53.1 Å². The molecule has 2 rings (SSSR count). The highest BCUT2D eigenvalue weighted by atomic mass is 16.5. The molecule has 0 fully saturated rings. The van der Waals surface area contributed by atoms with Crippen molar-refractivity contribution in [2.24, 2.45) is 0 Å². The lowest BCUT2D eigenvalue weighted by atomic mass is 9.95. The summed E-state index contributed by atoms with van der Waals surface area (Å²) in [4.78, 5) is 11.3. The summed E-state index contributed by atoms with van der Waals surface area (Å²) in [5.74, 6) is -0.105. The Bertz CT molecular complexity index is 645. The lowest BCUT2D eigenvalue weighted by Gasteiger charge is -2.11. The van der Waals surface area contributed by atoms with Crippen molar-refractivity contribution < 1.29 is 14.6 Å². The van der Waals surface area contributed by atoms with Crippen molar-refractivity contribution in [3.8, 4) is 16.9 Å². The molecular formula is C17H18O3. The van der Waals surface area contributed by atoms with Gasteiger partial charge in [0.2, 0.25) is 0 Å². The molecule has 2 aromatic carbocycles. The molecule has 2 aromatic rings. The van der Waals surface area contributed by atoms with Crippen LogP contribution in [-0.4, -0.2) is 17.7 Å². The summed E-state index contributed by atoms with van der Waals surface area (Å²) >= 11 is 0. The average molecular weight is 270 g/mol. The Morgan fingerprint density at radius 2 is 1.90 bits per heavy atom. The molecule has 0 spiro atoms. The molecule has 0 aliphatic carbocycles. The van der Waals surface area contributed by atoms with Gasteiger partial charge in [-0.2, -0.15) is 0 Å². The van der Waals surface area contributed by atoms with Gasteiger partial charge in [0, 0.05) is 0 Å². The number of carboxylic acids is 1. The third-order valence-corrected chi connectivity index (χ3v) is 3.26. The van der Waals surface area contributed by atoms with Crippen LogP contribution in [0.25, 0.3) is 11.1 Å². The summed E-state index contributed by atoms with van der Waals surface area (Å²) in [5, 5.41) is 9.24. The van der Waals surface area contributed by atoms with Crippen LogP contribution in [0.5, 0.6) is 5.75 Å². The lowest BCUT2D eigenvalue weighted by Crippen LogP contribution is -2.01. The Kier molecular flexibility index (Phi) is 4.08. The van der Waals surface area contributed by atoms with Crippen LogP contribution in [0.15, 0.2) is 36.4 Å². The minimum absolute atomic E-state index is 0.340. The Hall–Kier alpha value is -2.29. The van der Waals surface area contributed by atoms with Crippen molar-refractivity contribution in [2.45, 2.75) is 20.8 Å². The normalized spacial score (nSPS) is 10.3. The molecule has 3 heteroatoms. The molecule has 0 atom stereocenters. The summed E-state index contributed by atoms with van der Waals surface area (Å²) in [7, 11) is 0. The third-order valence-electron chi connectivity index (χ3n) is 3.26. The van der Waals surface area contributed by atoms with Gasteiger partial charge in [0.15, 0.2) is 0 Å². The van der Waals surface area contributed by atoms with Crippen LogP contribution >= 0.6 is 0 Å². The SMILES string of the molecule is CCOc1cccc(-c2cc(C(=O)O)c(C)cc2C)c1. The van der Waals surface area contributed by atoms with Crippen molar-refractivity contribution in [3.63, 3.8) is 0 Å². The molecule has 20 heavy (non-hydrogen) atoms. The molecule has 0 amide bonds. The number of hydrogen-bond acceptors (Lipinski definition) is 2. The van der Waals surface area contributed by atoms with Crippen LogP contribution in [0.1, 0.15) is 28.4 Å². The summed E-state index contributed by atoms with van der Waals surface area (Å²) in [6.45, 7) is 6.35. The highest BCUT2D eigenvalue weighted by Crippen LogP contribution is 2.29. The summed E-state index contributed by atoms with van der Waals surface area (Å²) in [6, 6.07) is 11.4. The number of benzene rings is 2. The largest absolute Gasteiger partial charge is 0.494 e.